The summed E-state index contributed by atoms with van der Waals surface area (Å²) in [5.74, 6) is 2.18. The summed E-state index contributed by atoms with van der Waals surface area (Å²) in [7, 11) is 0. The van der Waals surface area contributed by atoms with Crippen molar-refractivity contribution in [1.29, 1.82) is 5.26 Å². The molecular formula is C18H20N4O2. The van der Waals surface area contributed by atoms with E-state index in [-0.39, 0.29) is 18.4 Å². The lowest BCUT2D eigenvalue weighted by Crippen LogP contribution is -2.20. The van der Waals surface area contributed by atoms with Crippen molar-refractivity contribution in [3.8, 4) is 6.07 Å². The number of hydrogen-bond acceptors (Lipinski definition) is 6. The van der Waals surface area contributed by atoms with Gasteiger partial charge in [0, 0.05) is 38.1 Å². The molecule has 2 aliphatic rings. The van der Waals surface area contributed by atoms with Gasteiger partial charge in [0.2, 0.25) is 5.89 Å². The van der Waals surface area contributed by atoms with Gasteiger partial charge in [-0.1, -0.05) is 17.3 Å². The number of rotatable bonds is 5. The minimum absolute atomic E-state index is 0.0911. The van der Waals surface area contributed by atoms with Gasteiger partial charge in [-0.2, -0.15) is 10.2 Å². The smallest absolute Gasteiger partial charge is 0.231 e. The van der Waals surface area contributed by atoms with E-state index in [0.29, 0.717) is 17.4 Å². The van der Waals surface area contributed by atoms with E-state index in [0.717, 1.165) is 43.9 Å². The minimum Gasteiger partial charge on any atom is -0.396 e. The van der Waals surface area contributed by atoms with Crippen molar-refractivity contribution in [2.75, 3.05) is 19.7 Å². The number of nitriles is 1. The molecule has 2 fully saturated rings. The highest BCUT2D eigenvalue weighted by molar-refractivity contribution is 5.31. The maximum atomic E-state index is 9.73. The maximum Gasteiger partial charge on any atom is 0.231 e. The summed E-state index contributed by atoms with van der Waals surface area (Å²) in [4.78, 5) is 6.86. The molecule has 0 amide bonds. The fourth-order valence-electron chi connectivity index (χ4n) is 3.40. The van der Waals surface area contributed by atoms with E-state index in [4.69, 9.17) is 9.78 Å². The van der Waals surface area contributed by atoms with E-state index in [2.05, 4.69) is 21.1 Å². The molecule has 2 aromatic rings. The normalized spacial score (nSPS) is 24.2. The molecule has 0 radical (unpaired) electrons. The molecule has 0 unspecified atom stereocenters. The Labute approximate surface area is 140 Å². The molecule has 1 saturated heterocycles. The lowest BCUT2D eigenvalue weighted by atomic mass is 9.97. The highest BCUT2D eigenvalue weighted by atomic mass is 16.5. The number of aliphatic hydroxyl groups is 1. The summed E-state index contributed by atoms with van der Waals surface area (Å²) in [6.45, 7) is 2.53. The Morgan fingerprint density at radius 1 is 1.25 bits per heavy atom. The van der Waals surface area contributed by atoms with E-state index in [1.165, 1.54) is 0 Å². The van der Waals surface area contributed by atoms with Crippen LogP contribution in [0.15, 0.2) is 28.8 Å². The van der Waals surface area contributed by atoms with Gasteiger partial charge in [-0.05, 0) is 30.5 Å². The summed E-state index contributed by atoms with van der Waals surface area (Å²) in [5.41, 5.74) is 1.83. The number of aliphatic hydroxyl groups excluding tert-OH is 1. The summed E-state index contributed by atoms with van der Waals surface area (Å²) in [6.07, 6.45) is 2.30. The van der Waals surface area contributed by atoms with Crippen LogP contribution >= 0.6 is 0 Å². The van der Waals surface area contributed by atoms with Gasteiger partial charge >= 0.3 is 0 Å². The van der Waals surface area contributed by atoms with Crippen molar-refractivity contribution in [2.24, 2.45) is 5.92 Å². The fraction of sp³-hybridized carbons (Fsp3) is 0.500. The van der Waals surface area contributed by atoms with Gasteiger partial charge in [0.05, 0.1) is 17.6 Å². The number of hydrogen-bond donors (Lipinski definition) is 1. The van der Waals surface area contributed by atoms with Crippen LogP contribution in [-0.4, -0.2) is 39.8 Å². The number of likely N-dealkylation sites (tertiary alicyclic amines) is 1. The molecular weight excluding hydrogens is 304 g/mol. The van der Waals surface area contributed by atoms with Crippen LogP contribution in [0.5, 0.6) is 0 Å². The van der Waals surface area contributed by atoms with Gasteiger partial charge in [-0.25, -0.2) is 0 Å². The molecule has 1 saturated carbocycles. The molecule has 0 spiro atoms. The third-order valence-corrected chi connectivity index (χ3v) is 4.96. The Kier molecular flexibility index (Phi) is 4.05. The molecule has 1 N–H and O–H groups in total. The second kappa shape index (κ2) is 6.34. The lowest BCUT2D eigenvalue weighted by molar-refractivity contribution is 0.205. The number of benzene rings is 1. The van der Waals surface area contributed by atoms with Crippen LogP contribution in [0.1, 0.15) is 47.5 Å². The minimum atomic E-state index is 0.0911. The second-order valence-corrected chi connectivity index (χ2v) is 6.82. The first kappa shape index (κ1) is 15.3. The predicted molar refractivity (Wildman–Crippen MR) is 86.0 cm³/mol. The SMILES string of the molecule is N#Cc1ccc(CN2C[C@@H](CO)[C@H](c3nc(C4CC4)no3)C2)cc1. The Balaban J connectivity index is 1.45. The molecule has 124 valence electrons. The summed E-state index contributed by atoms with van der Waals surface area (Å²) in [6, 6.07) is 9.78. The van der Waals surface area contributed by atoms with Crippen LogP contribution < -0.4 is 0 Å². The largest absolute Gasteiger partial charge is 0.396 e. The molecule has 24 heavy (non-hydrogen) atoms. The first-order valence-electron chi connectivity index (χ1n) is 8.42. The van der Waals surface area contributed by atoms with Crippen molar-refractivity contribution >= 4 is 0 Å². The maximum absolute atomic E-state index is 9.73. The van der Waals surface area contributed by atoms with Crippen molar-refractivity contribution in [1.82, 2.24) is 15.0 Å². The Morgan fingerprint density at radius 3 is 2.71 bits per heavy atom. The number of nitrogens with zero attached hydrogens (tertiary/aromatic N) is 4. The fourth-order valence-corrected chi connectivity index (χ4v) is 3.40. The highest BCUT2D eigenvalue weighted by Crippen LogP contribution is 2.40. The Bertz CT molecular complexity index is 745. The zero-order valence-corrected chi connectivity index (χ0v) is 13.4. The van der Waals surface area contributed by atoms with Crippen LogP contribution in [0.3, 0.4) is 0 Å². The van der Waals surface area contributed by atoms with Crippen molar-refractivity contribution in [3.63, 3.8) is 0 Å². The molecule has 1 aromatic carbocycles. The molecule has 6 nitrogen and oxygen atoms in total. The van der Waals surface area contributed by atoms with E-state index in [9.17, 15) is 5.11 Å². The van der Waals surface area contributed by atoms with Gasteiger partial charge < -0.3 is 9.63 Å². The molecule has 6 heteroatoms. The van der Waals surface area contributed by atoms with Gasteiger partial charge in [0.15, 0.2) is 5.82 Å². The summed E-state index contributed by atoms with van der Waals surface area (Å²) < 4.78 is 5.48. The van der Waals surface area contributed by atoms with Gasteiger partial charge in [-0.15, -0.1) is 0 Å². The molecule has 2 heterocycles. The first-order valence-corrected chi connectivity index (χ1v) is 8.42. The van der Waals surface area contributed by atoms with E-state index >= 15 is 0 Å². The van der Waals surface area contributed by atoms with E-state index in [1.54, 1.807) is 0 Å². The molecule has 1 aliphatic heterocycles. The molecule has 1 aromatic heterocycles. The van der Waals surface area contributed by atoms with Gasteiger partial charge in [0.25, 0.3) is 0 Å². The standard InChI is InChI=1S/C18H20N4O2/c19-7-12-1-3-13(4-2-12)8-22-9-15(11-23)16(10-22)18-20-17(21-24-18)14-5-6-14/h1-4,14-16,23H,5-6,8-11H2/t15-,16+/m0/s1. The highest BCUT2D eigenvalue weighted by Gasteiger charge is 2.38. The summed E-state index contributed by atoms with van der Waals surface area (Å²) >= 11 is 0. The van der Waals surface area contributed by atoms with E-state index < -0.39 is 0 Å². The van der Waals surface area contributed by atoms with Crippen molar-refractivity contribution in [3.05, 3.63) is 47.1 Å². The van der Waals surface area contributed by atoms with Crippen molar-refractivity contribution < 1.29 is 9.63 Å². The number of aromatic nitrogens is 2. The molecule has 0 bridgehead atoms. The first-order chi connectivity index (χ1) is 11.8. The average molecular weight is 324 g/mol. The molecule has 1 aliphatic carbocycles. The van der Waals surface area contributed by atoms with E-state index in [1.807, 2.05) is 24.3 Å². The molecule has 2 atom stereocenters. The van der Waals surface area contributed by atoms with Gasteiger partial charge in [0.1, 0.15) is 0 Å². The monoisotopic (exact) mass is 324 g/mol. The third kappa shape index (κ3) is 3.05. The van der Waals surface area contributed by atoms with Crippen LogP contribution in [-0.2, 0) is 6.54 Å². The Morgan fingerprint density at radius 2 is 2.04 bits per heavy atom. The Hall–Kier alpha value is -2.23. The molecule has 4 rings (SSSR count). The van der Waals surface area contributed by atoms with Crippen LogP contribution in [0.25, 0.3) is 0 Å². The average Bonchev–Trinajstić information content (AvgIpc) is 3.20. The van der Waals surface area contributed by atoms with Crippen LogP contribution in [0.4, 0.5) is 0 Å². The zero-order valence-electron chi connectivity index (χ0n) is 13.4. The summed E-state index contributed by atoms with van der Waals surface area (Å²) in [5, 5.41) is 22.7. The lowest BCUT2D eigenvalue weighted by Gasteiger charge is -2.15. The van der Waals surface area contributed by atoms with Crippen LogP contribution in [0, 0.1) is 17.2 Å². The van der Waals surface area contributed by atoms with Gasteiger partial charge in [-0.3, -0.25) is 4.90 Å². The third-order valence-electron chi connectivity index (χ3n) is 4.96. The quantitative estimate of drug-likeness (QED) is 0.905. The topological polar surface area (TPSA) is 86.2 Å². The van der Waals surface area contributed by atoms with Crippen molar-refractivity contribution in [2.45, 2.75) is 31.2 Å². The predicted octanol–water partition coefficient (Wildman–Crippen LogP) is 2.03. The van der Waals surface area contributed by atoms with Crippen LogP contribution in [0.2, 0.25) is 0 Å². The zero-order chi connectivity index (χ0) is 16.5. The second-order valence-electron chi connectivity index (χ2n) is 6.82.